The van der Waals surface area contributed by atoms with E-state index in [0.717, 1.165) is 122 Å². The van der Waals surface area contributed by atoms with Crippen LogP contribution in [0.4, 0.5) is 0 Å². The first-order valence-corrected chi connectivity index (χ1v) is 25.3. The summed E-state index contributed by atoms with van der Waals surface area (Å²) in [4.78, 5) is 54.2. The summed E-state index contributed by atoms with van der Waals surface area (Å²) in [5, 5.41) is 10.7. The van der Waals surface area contributed by atoms with E-state index in [9.17, 15) is 24.3 Å². The number of carboxylic acids is 1. The number of hydrogen-bond donors (Lipinski definition) is 1. The average molecular weight is 874 g/mol. The Balaban J connectivity index is 5.63. The van der Waals surface area contributed by atoms with Gasteiger partial charge in [0.1, 0.15) is 6.10 Å². The molecule has 0 bridgehead atoms. The summed E-state index contributed by atoms with van der Waals surface area (Å²) < 4.78 is 17.6. The van der Waals surface area contributed by atoms with Gasteiger partial charge in [-0.1, -0.05) is 148 Å². The van der Waals surface area contributed by atoms with Crippen LogP contribution in [-0.4, -0.2) is 73.8 Å². The van der Waals surface area contributed by atoms with E-state index >= 15 is 0 Å². The molecule has 0 aromatic rings. The van der Waals surface area contributed by atoms with E-state index in [2.05, 4.69) is 57.2 Å². The van der Waals surface area contributed by atoms with E-state index in [0.29, 0.717) is 19.3 Å². The Hall–Kier alpha value is -2.94. The highest BCUT2D eigenvalue weighted by Crippen LogP contribution is 2.33. The second kappa shape index (κ2) is 42.0. The van der Waals surface area contributed by atoms with Crippen molar-refractivity contribution in [2.24, 2.45) is 11.3 Å². The predicted octanol–water partition coefficient (Wildman–Crippen LogP) is 14.1. The Labute approximate surface area is 380 Å². The highest BCUT2D eigenvalue weighted by molar-refractivity contribution is 5.73. The summed E-state index contributed by atoms with van der Waals surface area (Å²) in [6, 6.07) is 0. The molecule has 0 aliphatic rings. The normalized spacial score (nSPS) is 13.1. The van der Waals surface area contributed by atoms with E-state index in [4.69, 9.17) is 14.2 Å². The Morgan fingerprint density at radius 1 is 0.516 bits per heavy atom. The minimum atomic E-state index is -1.08. The van der Waals surface area contributed by atoms with Gasteiger partial charge in [-0.25, -0.2) is 0 Å². The smallest absolute Gasteiger partial charge is 0.310 e. The second-order valence-corrected chi connectivity index (χ2v) is 18.3. The predicted molar refractivity (Wildman–Crippen MR) is 257 cm³/mol. The summed E-state index contributed by atoms with van der Waals surface area (Å²) in [5.41, 5.74) is -0.997. The van der Waals surface area contributed by atoms with Gasteiger partial charge < -0.3 is 24.2 Å². The van der Waals surface area contributed by atoms with Gasteiger partial charge in [0.2, 0.25) is 0 Å². The maximum Gasteiger partial charge on any atom is 0.310 e. The molecule has 0 spiro atoms. The van der Waals surface area contributed by atoms with Crippen LogP contribution in [0, 0.1) is 11.3 Å². The van der Waals surface area contributed by atoms with Crippen LogP contribution < -0.4 is 0 Å². The number of unbranched alkanes of at least 4 members (excludes halogenated alkanes) is 19. The maximum absolute atomic E-state index is 13.1. The molecule has 0 aliphatic carbocycles. The molecule has 1 N–H and O–H groups in total. The van der Waals surface area contributed by atoms with Gasteiger partial charge in [0.25, 0.3) is 0 Å². The second-order valence-electron chi connectivity index (χ2n) is 18.3. The molecule has 0 rings (SSSR count). The van der Waals surface area contributed by atoms with Gasteiger partial charge >= 0.3 is 23.9 Å². The average Bonchev–Trinajstić information content (AvgIpc) is 3.24. The number of ether oxygens (including phenoxy) is 3. The standard InChI is InChI=1S/C53H95NO8/c1-7-10-13-16-19-22-24-27-30-33-36-40-49(55)60-45-53(4,46-61-50(56)41-37-34-31-28-25-23-20-17-14-11-8-2)44-47(52(58)59)48(62-51(57)42-38-43-54(5)6)39-35-32-29-26-21-18-15-12-9-3/h16-21,47-48H,7-15,22-46H2,1-6H3,(H,58,59)/b19-16-,20-17-,21-18-. The van der Waals surface area contributed by atoms with Crippen molar-refractivity contribution in [3.8, 4) is 0 Å². The fraction of sp³-hybridized carbons (Fsp3) is 0.811. The van der Waals surface area contributed by atoms with Crippen molar-refractivity contribution in [3.63, 3.8) is 0 Å². The van der Waals surface area contributed by atoms with E-state index in [1.807, 2.05) is 25.9 Å². The minimum Gasteiger partial charge on any atom is -0.481 e. The SMILES string of the molecule is CCCC/C=C\CCCCCCCC(=O)OCC(C)(COC(=O)CCCCCCC/C=C\CCCC)CC(C(=O)O)C(CCCCC/C=C\CCCC)OC(=O)CCCN(C)C. The lowest BCUT2D eigenvalue weighted by Crippen LogP contribution is -2.41. The third kappa shape index (κ3) is 37.6. The fourth-order valence-electron chi connectivity index (χ4n) is 7.41. The van der Waals surface area contributed by atoms with Crippen molar-refractivity contribution < 1.29 is 38.5 Å². The van der Waals surface area contributed by atoms with E-state index in [1.54, 1.807) is 0 Å². The molecule has 0 aliphatic heterocycles. The van der Waals surface area contributed by atoms with Gasteiger partial charge in [-0.15, -0.1) is 0 Å². The molecule has 9 nitrogen and oxygen atoms in total. The molecule has 0 radical (unpaired) electrons. The summed E-state index contributed by atoms with van der Waals surface area (Å²) in [6.07, 6.45) is 40.9. The summed E-state index contributed by atoms with van der Waals surface area (Å²) in [5.74, 6) is -3.22. The molecule has 0 heterocycles. The number of carbonyl (C=O) groups excluding carboxylic acids is 3. The van der Waals surface area contributed by atoms with Gasteiger partial charge in [-0.05, 0) is 117 Å². The zero-order valence-corrected chi connectivity index (χ0v) is 40.9. The van der Waals surface area contributed by atoms with Crippen molar-refractivity contribution in [1.82, 2.24) is 4.90 Å². The summed E-state index contributed by atoms with van der Waals surface area (Å²) in [7, 11) is 3.89. The molecule has 360 valence electrons. The third-order valence-electron chi connectivity index (χ3n) is 11.4. The molecule has 0 amide bonds. The number of esters is 3. The number of carboxylic acid groups (broad SMARTS) is 1. The van der Waals surface area contributed by atoms with Crippen LogP contribution in [0.5, 0.6) is 0 Å². The van der Waals surface area contributed by atoms with Crippen molar-refractivity contribution in [2.45, 2.75) is 233 Å². The quantitative estimate of drug-likeness (QED) is 0.0276. The first-order chi connectivity index (χ1) is 30.0. The lowest BCUT2D eigenvalue weighted by Gasteiger charge is -2.34. The lowest BCUT2D eigenvalue weighted by atomic mass is 9.79. The molecular formula is C53H95NO8. The number of nitrogens with zero attached hydrogens (tertiary/aromatic N) is 1. The van der Waals surface area contributed by atoms with Crippen LogP contribution in [0.2, 0.25) is 0 Å². The molecule has 62 heavy (non-hydrogen) atoms. The zero-order valence-electron chi connectivity index (χ0n) is 40.9. The Kier molecular flexibility index (Phi) is 40.0. The molecular weight excluding hydrogens is 779 g/mol. The Morgan fingerprint density at radius 2 is 0.887 bits per heavy atom. The fourth-order valence-corrected chi connectivity index (χ4v) is 7.41. The number of rotatable bonds is 44. The van der Waals surface area contributed by atoms with Crippen LogP contribution in [0.1, 0.15) is 227 Å². The van der Waals surface area contributed by atoms with E-state index in [-0.39, 0.29) is 50.8 Å². The Bertz CT molecular complexity index is 1150. The highest BCUT2D eigenvalue weighted by Gasteiger charge is 2.40. The number of carbonyl (C=O) groups is 4. The van der Waals surface area contributed by atoms with Gasteiger partial charge in [-0.2, -0.15) is 0 Å². The number of aliphatic carboxylic acids is 1. The Morgan fingerprint density at radius 3 is 1.29 bits per heavy atom. The summed E-state index contributed by atoms with van der Waals surface area (Å²) >= 11 is 0. The van der Waals surface area contributed by atoms with Gasteiger partial charge in [0, 0.05) is 24.7 Å². The maximum atomic E-state index is 13.1. The van der Waals surface area contributed by atoms with Gasteiger partial charge in [0.15, 0.2) is 0 Å². The van der Waals surface area contributed by atoms with Crippen LogP contribution in [0.3, 0.4) is 0 Å². The first-order valence-electron chi connectivity index (χ1n) is 25.3. The van der Waals surface area contributed by atoms with Gasteiger partial charge in [0.05, 0.1) is 19.1 Å². The monoisotopic (exact) mass is 874 g/mol. The highest BCUT2D eigenvalue weighted by atomic mass is 16.6. The minimum absolute atomic E-state index is 0.0263. The summed E-state index contributed by atoms with van der Waals surface area (Å²) in [6.45, 7) is 8.95. The first kappa shape index (κ1) is 59.1. The van der Waals surface area contributed by atoms with Crippen molar-refractivity contribution in [2.75, 3.05) is 33.9 Å². The van der Waals surface area contributed by atoms with Crippen LogP contribution >= 0.6 is 0 Å². The topological polar surface area (TPSA) is 119 Å². The molecule has 0 aromatic heterocycles. The molecule has 0 aromatic carbocycles. The lowest BCUT2D eigenvalue weighted by molar-refractivity contribution is -0.163. The van der Waals surface area contributed by atoms with Crippen LogP contribution in [0.25, 0.3) is 0 Å². The third-order valence-corrected chi connectivity index (χ3v) is 11.4. The van der Waals surface area contributed by atoms with Crippen molar-refractivity contribution >= 4 is 23.9 Å². The molecule has 2 atom stereocenters. The number of hydrogen-bond acceptors (Lipinski definition) is 8. The molecule has 0 fully saturated rings. The van der Waals surface area contributed by atoms with Gasteiger partial charge in [-0.3, -0.25) is 19.2 Å². The van der Waals surface area contributed by atoms with E-state index < -0.39 is 29.4 Å². The number of allylic oxidation sites excluding steroid dienone is 6. The molecule has 0 saturated heterocycles. The van der Waals surface area contributed by atoms with Crippen LogP contribution in [0.15, 0.2) is 36.5 Å². The molecule has 0 saturated carbocycles. The zero-order chi connectivity index (χ0) is 45.9. The van der Waals surface area contributed by atoms with Crippen molar-refractivity contribution in [1.29, 1.82) is 0 Å². The largest absolute Gasteiger partial charge is 0.481 e. The van der Waals surface area contributed by atoms with Crippen molar-refractivity contribution in [3.05, 3.63) is 36.5 Å². The molecule has 9 heteroatoms. The molecule has 2 unspecified atom stereocenters. The van der Waals surface area contributed by atoms with Crippen LogP contribution in [-0.2, 0) is 33.4 Å². The van der Waals surface area contributed by atoms with E-state index in [1.165, 1.54) is 38.5 Å².